The number of carbonyl (C=O) groups is 2. The van der Waals surface area contributed by atoms with Crippen LogP contribution in [0.2, 0.25) is 0 Å². The molecule has 0 saturated carbocycles. The van der Waals surface area contributed by atoms with Crippen molar-refractivity contribution in [3.05, 3.63) is 39.7 Å². The van der Waals surface area contributed by atoms with Crippen LogP contribution >= 0.6 is 11.8 Å². The van der Waals surface area contributed by atoms with Crippen molar-refractivity contribution in [3.63, 3.8) is 0 Å². The number of carboxylic acids is 1. The lowest BCUT2D eigenvalue weighted by atomic mass is 10.1. The van der Waals surface area contributed by atoms with Crippen LogP contribution in [0.25, 0.3) is 0 Å². The van der Waals surface area contributed by atoms with Gasteiger partial charge in [0, 0.05) is 6.07 Å². The summed E-state index contributed by atoms with van der Waals surface area (Å²) in [5.41, 5.74) is -1.08. The molecule has 0 unspecified atom stereocenters. The third kappa shape index (κ3) is 4.71. The molecule has 0 radical (unpaired) electrons. The van der Waals surface area contributed by atoms with E-state index in [0.29, 0.717) is 11.8 Å². The van der Waals surface area contributed by atoms with E-state index >= 15 is 0 Å². The van der Waals surface area contributed by atoms with Crippen molar-refractivity contribution in [3.8, 4) is 0 Å². The van der Waals surface area contributed by atoms with E-state index in [9.17, 15) is 24.1 Å². The molecule has 2 N–H and O–H groups in total. The Balaban J connectivity index is 2.99. The van der Waals surface area contributed by atoms with Gasteiger partial charge >= 0.3 is 5.97 Å². The number of carbonyl (C=O) groups excluding carboxylic acids is 1. The SMILES string of the molecule is CSCC[C@H](NC(=O)c1cc(F)ccc1[N+](=O)[O-])C(=O)O. The average molecular weight is 316 g/mol. The molecule has 1 aromatic rings. The molecule has 0 aromatic heterocycles. The number of amides is 1. The monoisotopic (exact) mass is 316 g/mol. The summed E-state index contributed by atoms with van der Waals surface area (Å²) in [5.74, 6) is -2.57. The Bertz CT molecular complexity index is 567. The lowest BCUT2D eigenvalue weighted by molar-refractivity contribution is -0.385. The van der Waals surface area contributed by atoms with E-state index < -0.39 is 39.9 Å². The maximum absolute atomic E-state index is 13.1. The summed E-state index contributed by atoms with van der Waals surface area (Å²) in [7, 11) is 0. The highest BCUT2D eigenvalue weighted by molar-refractivity contribution is 7.98. The van der Waals surface area contributed by atoms with Crippen LogP contribution in [0.1, 0.15) is 16.8 Å². The summed E-state index contributed by atoms with van der Waals surface area (Å²) in [5, 5.41) is 22.0. The van der Waals surface area contributed by atoms with E-state index in [-0.39, 0.29) is 6.42 Å². The maximum atomic E-state index is 13.1. The van der Waals surface area contributed by atoms with Gasteiger partial charge in [-0.2, -0.15) is 11.8 Å². The number of carboxylic acid groups (broad SMARTS) is 1. The lowest BCUT2D eigenvalue weighted by Gasteiger charge is -2.14. The number of halogens is 1. The number of nitro benzene ring substituents is 1. The third-order valence-corrected chi connectivity index (χ3v) is 3.26. The minimum atomic E-state index is -1.25. The fourth-order valence-corrected chi connectivity index (χ4v) is 2.05. The van der Waals surface area contributed by atoms with Crippen LogP contribution in [0.4, 0.5) is 10.1 Å². The smallest absolute Gasteiger partial charge is 0.326 e. The largest absolute Gasteiger partial charge is 0.480 e. The van der Waals surface area contributed by atoms with E-state index in [2.05, 4.69) is 5.32 Å². The van der Waals surface area contributed by atoms with Gasteiger partial charge in [0.05, 0.1) is 4.92 Å². The third-order valence-electron chi connectivity index (χ3n) is 2.61. The van der Waals surface area contributed by atoms with Crippen LogP contribution in [0.15, 0.2) is 18.2 Å². The minimum absolute atomic E-state index is 0.158. The standard InChI is InChI=1S/C12H13FN2O5S/c1-21-5-4-9(12(17)18)14-11(16)8-6-7(13)2-3-10(8)15(19)20/h2-3,6,9H,4-5H2,1H3,(H,14,16)(H,17,18)/t9-/m0/s1. The van der Waals surface area contributed by atoms with Gasteiger partial charge in [0.15, 0.2) is 0 Å². The van der Waals surface area contributed by atoms with E-state index in [1.807, 2.05) is 0 Å². The Morgan fingerprint density at radius 3 is 2.71 bits per heavy atom. The molecule has 0 fully saturated rings. The fourth-order valence-electron chi connectivity index (χ4n) is 1.58. The predicted octanol–water partition coefficient (Wildman–Crippen LogP) is 1.67. The molecule has 114 valence electrons. The highest BCUT2D eigenvalue weighted by Crippen LogP contribution is 2.19. The molecule has 0 bridgehead atoms. The molecular formula is C12H13FN2O5S. The van der Waals surface area contributed by atoms with Gasteiger partial charge in [-0.05, 0) is 30.6 Å². The summed E-state index contributed by atoms with van der Waals surface area (Å²) in [6, 6.07) is 1.24. The molecule has 0 aliphatic rings. The Hall–Kier alpha value is -2.16. The molecule has 1 rings (SSSR count). The van der Waals surface area contributed by atoms with E-state index in [4.69, 9.17) is 5.11 Å². The van der Waals surface area contributed by atoms with Crippen molar-refractivity contribution >= 4 is 29.3 Å². The highest BCUT2D eigenvalue weighted by atomic mass is 32.2. The molecular weight excluding hydrogens is 303 g/mol. The fraction of sp³-hybridized carbons (Fsp3) is 0.333. The van der Waals surface area contributed by atoms with Crippen molar-refractivity contribution in [1.29, 1.82) is 0 Å². The van der Waals surface area contributed by atoms with Gasteiger partial charge in [-0.3, -0.25) is 14.9 Å². The van der Waals surface area contributed by atoms with Gasteiger partial charge in [0.1, 0.15) is 17.4 Å². The second-order valence-electron chi connectivity index (χ2n) is 4.06. The number of nitrogens with one attached hydrogen (secondary N) is 1. The Kier molecular flexibility index (Phi) is 6.10. The van der Waals surface area contributed by atoms with Crippen LogP contribution in [0, 0.1) is 15.9 Å². The van der Waals surface area contributed by atoms with Gasteiger partial charge < -0.3 is 10.4 Å². The number of thioether (sulfide) groups is 1. The first-order valence-corrected chi connectivity index (χ1v) is 7.22. The number of aliphatic carboxylic acids is 1. The zero-order valence-corrected chi connectivity index (χ0v) is 11.9. The maximum Gasteiger partial charge on any atom is 0.326 e. The molecule has 0 spiro atoms. The molecule has 21 heavy (non-hydrogen) atoms. The summed E-state index contributed by atoms with van der Waals surface area (Å²) >= 11 is 1.40. The number of hydrogen-bond donors (Lipinski definition) is 2. The minimum Gasteiger partial charge on any atom is -0.480 e. The molecule has 0 heterocycles. The summed E-state index contributed by atoms with van der Waals surface area (Å²) in [4.78, 5) is 33.0. The molecule has 1 aromatic carbocycles. The quantitative estimate of drug-likeness (QED) is 0.585. The normalized spacial score (nSPS) is 11.7. The first-order valence-electron chi connectivity index (χ1n) is 5.83. The Morgan fingerprint density at radius 2 is 2.19 bits per heavy atom. The van der Waals surface area contributed by atoms with Gasteiger partial charge in [0.25, 0.3) is 11.6 Å². The van der Waals surface area contributed by atoms with Gasteiger partial charge in [-0.15, -0.1) is 0 Å². The number of hydrogen-bond acceptors (Lipinski definition) is 5. The van der Waals surface area contributed by atoms with Crippen LogP contribution in [0.5, 0.6) is 0 Å². The summed E-state index contributed by atoms with van der Waals surface area (Å²) < 4.78 is 13.1. The zero-order valence-electron chi connectivity index (χ0n) is 11.0. The molecule has 0 aliphatic heterocycles. The van der Waals surface area contributed by atoms with Crippen LogP contribution < -0.4 is 5.32 Å². The van der Waals surface area contributed by atoms with E-state index in [1.54, 1.807) is 6.26 Å². The molecule has 7 nitrogen and oxygen atoms in total. The van der Waals surface area contributed by atoms with Crippen molar-refractivity contribution in [2.24, 2.45) is 0 Å². The van der Waals surface area contributed by atoms with Crippen molar-refractivity contribution < 1.29 is 24.0 Å². The molecule has 1 amide bonds. The van der Waals surface area contributed by atoms with Crippen LogP contribution in [0.3, 0.4) is 0 Å². The van der Waals surface area contributed by atoms with Crippen molar-refractivity contribution in [1.82, 2.24) is 5.32 Å². The summed E-state index contributed by atoms with van der Waals surface area (Å²) in [6.07, 6.45) is 1.93. The number of rotatable bonds is 7. The van der Waals surface area contributed by atoms with Crippen molar-refractivity contribution in [2.45, 2.75) is 12.5 Å². The van der Waals surface area contributed by atoms with E-state index in [1.165, 1.54) is 11.8 Å². The molecule has 0 saturated heterocycles. The number of benzene rings is 1. The van der Waals surface area contributed by atoms with Gasteiger partial charge in [0.2, 0.25) is 0 Å². The first kappa shape index (κ1) is 16.9. The average Bonchev–Trinajstić information content (AvgIpc) is 2.42. The van der Waals surface area contributed by atoms with Crippen molar-refractivity contribution in [2.75, 3.05) is 12.0 Å². The highest BCUT2D eigenvalue weighted by Gasteiger charge is 2.25. The van der Waals surface area contributed by atoms with Gasteiger partial charge in [-0.1, -0.05) is 0 Å². The Morgan fingerprint density at radius 1 is 1.52 bits per heavy atom. The topological polar surface area (TPSA) is 110 Å². The van der Waals surface area contributed by atoms with Crippen LogP contribution in [-0.4, -0.2) is 40.0 Å². The molecule has 9 heteroatoms. The molecule has 0 aliphatic carbocycles. The summed E-state index contributed by atoms with van der Waals surface area (Å²) in [6.45, 7) is 0. The first-order chi connectivity index (χ1) is 9.86. The number of nitro groups is 1. The second-order valence-corrected chi connectivity index (χ2v) is 5.05. The van der Waals surface area contributed by atoms with E-state index in [0.717, 1.165) is 12.1 Å². The predicted molar refractivity (Wildman–Crippen MR) is 74.9 cm³/mol. The van der Waals surface area contributed by atoms with Gasteiger partial charge in [-0.25, -0.2) is 9.18 Å². The Labute approximate surface area is 123 Å². The second kappa shape index (κ2) is 7.58. The number of nitrogens with zero attached hydrogens (tertiary/aromatic N) is 1. The lowest BCUT2D eigenvalue weighted by Crippen LogP contribution is -2.41. The van der Waals surface area contributed by atoms with Crippen LogP contribution in [-0.2, 0) is 4.79 Å². The molecule has 1 atom stereocenters. The zero-order chi connectivity index (χ0) is 16.0.